The molecule has 0 aliphatic heterocycles. The Morgan fingerprint density at radius 1 is 1.27 bits per heavy atom. The first-order valence-corrected chi connectivity index (χ1v) is 7.83. The summed E-state index contributed by atoms with van der Waals surface area (Å²) in [6, 6.07) is 6.60. The van der Waals surface area contributed by atoms with Gasteiger partial charge in [-0.25, -0.2) is 0 Å². The maximum absolute atomic E-state index is 11.9. The van der Waals surface area contributed by atoms with Gasteiger partial charge in [0.1, 0.15) is 0 Å². The molecule has 6 nitrogen and oxygen atoms in total. The minimum atomic E-state index is -0.337. The molecule has 0 aliphatic rings. The number of hydrogen-bond donors (Lipinski definition) is 2. The number of thiophene rings is 1. The van der Waals surface area contributed by atoms with Gasteiger partial charge in [0.2, 0.25) is 0 Å². The Hall–Kier alpha value is -2.12. The second kappa shape index (κ2) is 8.35. The predicted molar refractivity (Wildman–Crippen MR) is 84.4 cm³/mol. The third-order valence-corrected chi connectivity index (χ3v) is 3.77. The number of hydrogen-bond acceptors (Lipinski definition) is 5. The average Bonchev–Trinajstić information content (AvgIpc) is 3.18. The van der Waals surface area contributed by atoms with Gasteiger partial charge in [-0.15, -0.1) is 11.3 Å². The zero-order valence-corrected chi connectivity index (χ0v) is 13.1. The molecule has 0 bridgehead atoms. The molecule has 0 spiro atoms. The van der Waals surface area contributed by atoms with E-state index >= 15 is 0 Å². The first-order chi connectivity index (χ1) is 10.7. The quantitative estimate of drug-likeness (QED) is 0.732. The standard InChI is InChI=1S/C15H18N2O4S/c1-2-20-9-4-8-16-15(19)12-6-7-13(22-12)17-14(18)11-5-3-10-21-11/h3,5-7,10H,2,4,8-9H2,1H3,(H,16,19)(H,17,18). The zero-order chi connectivity index (χ0) is 15.8. The van der Waals surface area contributed by atoms with E-state index in [9.17, 15) is 9.59 Å². The molecule has 0 fully saturated rings. The first-order valence-electron chi connectivity index (χ1n) is 7.01. The molecule has 0 radical (unpaired) electrons. The fourth-order valence-corrected chi connectivity index (χ4v) is 2.53. The number of nitrogens with one attached hydrogen (secondary N) is 2. The third kappa shape index (κ3) is 4.71. The van der Waals surface area contributed by atoms with Crippen LogP contribution in [0.1, 0.15) is 33.6 Å². The number of furan rings is 1. The number of ether oxygens (including phenoxy) is 1. The zero-order valence-electron chi connectivity index (χ0n) is 12.3. The van der Waals surface area contributed by atoms with E-state index in [0.717, 1.165) is 6.42 Å². The van der Waals surface area contributed by atoms with Gasteiger partial charge < -0.3 is 19.8 Å². The van der Waals surface area contributed by atoms with Crippen LogP contribution in [0.3, 0.4) is 0 Å². The van der Waals surface area contributed by atoms with Crippen LogP contribution in [0.15, 0.2) is 34.9 Å². The van der Waals surface area contributed by atoms with Crippen molar-refractivity contribution in [2.45, 2.75) is 13.3 Å². The number of carbonyl (C=O) groups excluding carboxylic acids is 2. The molecule has 2 aromatic rings. The highest BCUT2D eigenvalue weighted by Crippen LogP contribution is 2.22. The van der Waals surface area contributed by atoms with Crippen molar-refractivity contribution >= 4 is 28.2 Å². The van der Waals surface area contributed by atoms with Gasteiger partial charge in [0.15, 0.2) is 5.76 Å². The summed E-state index contributed by atoms with van der Waals surface area (Å²) < 4.78 is 10.2. The van der Waals surface area contributed by atoms with Gasteiger partial charge in [-0.05, 0) is 37.6 Å². The summed E-state index contributed by atoms with van der Waals surface area (Å²) in [6.45, 7) is 3.80. The summed E-state index contributed by atoms with van der Waals surface area (Å²) in [4.78, 5) is 24.3. The molecule has 2 heterocycles. The predicted octanol–water partition coefficient (Wildman–Crippen LogP) is 2.75. The minimum Gasteiger partial charge on any atom is -0.459 e. The maximum atomic E-state index is 11.9. The van der Waals surface area contributed by atoms with E-state index < -0.39 is 0 Å². The van der Waals surface area contributed by atoms with Crippen LogP contribution in [0.5, 0.6) is 0 Å². The third-order valence-electron chi connectivity index (χ3n) is 2.77. The monoisotopic (exact) mass is 322 g/mol. The van der Waals surface area contributed by atoms with Gasteiger partial charge in [0.05, 0.1) is 16.1 Å². The number of rotatable bonds is 8. The van der Waals surface area contributed by atoms with Crippen molar-refractivity contribution in [3.8, 4) is 0 Å². The van der Waals surface area contributed by atoms with Crippen LogP contribution in [0.4, 0.5) is 5.00 Å². The lowest BCUT2D eigenvalue weighted by molar-refractivity contribution is 0.0947. The van der Waals surface area contributed by atoms with Crippen molar-refractivity contribution < 1.29 is 18.7 Å². The molecule has 2 aromatic heterocycles. The highest BCUT2D eigenvalue weighted by Gasteiger charge is 2.12. The lowest BCUT2D eigenvalue weighted by Crippen LogP contribution is -2.24. The average molecular weight is 322 g/mol. The smallest absolute Gasteiger partial charge is 0.291 e. The van der Waals surface area contributed by atoms with E-state index in [0.29, 0.717) is 29.6 Å². The van der Waals surface area contributed by atoms with Gasteiger partial charge in [0, 0.05) is 19.8 Å². The molecule has 0 saturated carbocycles. The molecule has 7 heteroatoms. The van der Waals surface area contributed by atoms with Crippen molar-refractivity contribution in [1.82, 2.24) is 5.32 Å². The summed E-state index contributed by atoms with van der Waals surface area (Å²) in [6.07, 6.45) is 2.21. The molecular formula is C15H18N2O4S. The molecule has 0 aromatic carbocycles. The molecule has 0 unspecified atom stereocenters. The molecule has 0 atom stereocenters. The Balaban J connectivity index is 1.80. The van der Waals surface area contributed by atoms with E-state index in [4.69, 9.17) is 9.15 Å². The second-order valence-electron chi connectivity index (χ2n) is 4.40. The van der Waals surface area contributed by atoms with Crippen molar-refractivity contribution in [3.63, 3.8) is 0 Å². The highest BCUT2D eigenvalue weighted by atomic mass is 32.1. The van der Waals surface area contributed by atoms with Gasteiger partial charge in [-0.3, -0.25) is 9.59 Å². The molecule has 2 N–H and O–H groups in total. The Morgan fingerprint density at radius 2 is 2.14 bits per heavy atom. The molecule has 118 valence electrons. The maximum Gasteiger partial charge on any atom is 0.291 e. The molecule has 0 aliphatic carbocycles. The Morgan fingerprint density at radius 3 is 2.86 bits per heavy atom. The van der Waals surface area contributed by atoms with Gasteiger partial charge in [-0.1, -0.05) is 0 Å². The van der Waals surface area contributed by atoms with E-state index in [1.165, 1.54) is 17.6 Å². The summed E-state index contributed by atoms with van der Waals surface area (Å²) in [7, 11) is 0. The van der Waals surface area contributed by atoms with Crippen LogP contribution < -0.4 is 10.6 Å². The van der Waals surface area contributed by atoms with Gasteiger partial charge >= 0.3 is 0 Å². The molecule has 0 saturated heterocycles. The van der Waals surface area contributed by atoms with Crippen LogP contribution in [0.2, 0.25) is 0 Å². The van der Waals surface area contributed by atoms with Crippen molar-refractivity contribution in [2.24, 2.45) is 0 Å². The molecule has 2 amide bonds. The van der Waals surface area contributed by atoms with Crippen LogP contribution in [0, 0.1) is 0 Å². The Labute approximate surface area is 132 Å². The lowest BCUT2D eigenvalue weighted by atomic mass is 10.4. The largest absolute Gasteiger partial charge is 0.459 e. The van der Waals surface area contributed by atoms with Gasteiger partial charge in [-0.2, -0.15) is 0 Å². The first kappa shape index (κ1) is 16.3. The van der Waals surface area contributed by atoms with E-state index in [1.54, 1.807) is 24.3 Å². The second-order valence-corrected chi connectivity index (χ2v) is 5.49. The Bertz CT molecular complexity index is 607. The van der Waals surface area contributed by atoms with Gasteiger partial charge in [0.25, 0.3) is 11.8 Å². The SMILES string of the molecule is CCOCCCNC(=O)c1ccc(NC(=O)c2ccco2)s1. The van der Waals surface area contributed by atoms with Crippen LogP contribution in [-0.2, 0) is 4.74 Å². The summed E-state index contributed by atoms with van der Waals surface area (Å²) >= 11 is 1.22. The summed E-state index contributed by atoms with van der Waals surface area (Å²) in [5.74, 6) is -0.258. The number of anilines is 1. The van der Waals surface area contributed by atoms with E-state index in [-0.39, 0.29) is 17.6 Å². The topological polar surface area (TPSA) is 80.6 Å². The minimum absolute atomic E-state index is 0.153. The van der Waals surface area contributed by atoms with E-state index in [1.807, 2.05) is 6.92 Å². The Kier molecular flexibility index (Phi) is 6.17. The fraction of sp³-hybridized carbons (Fsp3) is 0.333. The van der Waals surface area contributed by atoms with E-state index in [2.05, 4.69) is 10.6 Å². The number of amides is 2. The molecular weight excluding hydrogens is 304 g/mol. The van der Waals surface area contributed by atoms with Crippen LogP contribution in [-0.4, -0.2) is 31.6 Å². The fourth-order valence-electron chi connectivity index (χ4n) is 1.72. The van der Waals surface area contributed by atoms with Crippen LogP contribution in [0.25, 0.3) is 0 Å². The van der Waals surface area contributed by atoms with Crippen LogP contribution >= 0.6 is 11.3 Å². The summed E-state index contributed by atoms with van der Waals surface area (Å²) in [5, 5.41) is 6.10. The highest BCUT2D eigenvalue weighted by molar-refractivity contribution is 7.18. The van der Waals surface area contributed by atoms with Crippen molar-refractivity contribution in [2.75, 3.05) is 25.1 Å². The molecule has 2 rings (SSSR count). The number of carbonyl (C=O) groups is 2. The van der Waals surface area contributed by atoms with Crippen molar-refractivity contribution in [3.05, 3.63) is 41.2 Å². The lowest BCUT2D eigenvalue weighted by Gasteiger charge is -2.03. The normalized spacial score (nSPS) is 10.4. The summed E-state index contributed by atoms with van der Waals surface area (Å²) in [5.41, 5.74) is 0. The molecule has 22 heavy (non-hydrogen) atoms. The van der Waals surface area contributed by atoms with Crippen molar-refractivity contribution in [1.29, 1.82) is 0 Å².